The second-order valence-corrected chi connectivity index (χ2v) is 33.7. The maximum Gasteiger partial charge on any atom is 0.261 e. The van der Waals surface area contributed by atoms with Gasteiger partial charge in [-0.2, -0.15) is 0 Å². The van der Waals surface area contributed by atoms with Gasteiger partial charge >= 0.3 is 0 Å². The minimum atomic E-state index is -1.44. The lowest BCUT2D eigenvalue weighted by Crippen LogP contribution is -2.67. The van der Waals surface area contributed by atoms with Gasteiger partial charge in [-0.25, -0.2) is 0 Å². The average Bonchev–Trinajstić information content (AvgIpc) is 1.30. The third-order valence-corrected chi connectivity index (χ3v) is 26.9. The Balaban J connectivity index is 0.905. The Bertz CT molecular complexity index is 9460. The summed E-state index contributed by atoms with van der Waals surface area (Å²) < 4.78 is 201. The molecule has 0 amide bonds. The zero-order chi connectivity index (χ0) is 99.0. The van der Waals surface area contributed by atoms with Crippen LogP contribution in [0, 0.1) is 0 Å². The number of rotatable bonds is 11. The second-order valence-electron chi connectivity index (χ2n) is 33.7. The molecule has 0 saturated carbocycles. The number of nitrogens with zero attached hydrogens (tertiary/aromatic N) is 4. The molecule has 0 aliphatic carbocycles. The highest BCUT2D eigenvalue weighted by molar-refractivity contribution is 7.05. The van der Waals surface area contributed by atoms with E-state index in [9.17, 15) is 23.3 Å². The van der Waals surface area contributed by atoms with Gasteiger partial charge in [-0.05, 0) is 188 Å². The van der Waals surface area contributed by atoms with Crippen LogP contribution in [0.4, 0.5) is 34.1 Å². The summed E-state index contributed by atoms with van der Waals surface area (Å²) >= 11 is 0. The van der Waals surface area contributed by atoms with E-state index >= 15 is 0 Å². The van der Waals surface area contributed by atoms with Crippen molar-refractivity contribution in [1.29, 1.82) is 0 Å². The molecule has 0 N–H and O–H groups in total. The third kappa shape index (κ3) is 10.6. The molecule has 129 heavy (non-hydrogen) atoms. The summed E-state index contributed by atoms with van der Waals surface area (Å²) in [7, 11) is 0. The highest BCUT2D eigenvalue weighted by atomic mass is 16.5. The van der Waals surface area contributed by atoms with Crippen LogP contribution < -0.4 is 68.4 Å². The lowest BCUT2D eigenvalue weighted by Gasteiger charge is -2.48. The normalized spacial score (nSPS) is 14.9. The fourth-order valence-electron chi connectivity index (χ4n) is 21.5. The number of para-hydroxylation sites is 4. The molecule has 0 spiro atoms. The Morgan fingerprint density at radius 3 is 0.938 bits per heavy atom. The number of hydrogen-bond acceptors (Lipinski definition) is 4. The summed E-state index contributed by atoms with van der Waals surface area (Å²) in [6.07, 6.45) is 0. The van der Waals surface area contributed by atoms with Crippen LogP contribution in [-0.4, -0.2) is 29.3 Å². The van der Waals surface area contributed by atoms with Gasteiger partial charge in [-0.3, -0.25) is 0 Å². The first-order valence-electron chi connectivity index (χ1n) is 51.9. The van der Waals surface area contributed by atoms with Gasteiger partial charge in [0.05, 0.1) is 45.7 Å². The molecule has 0 fully saturated rings. The number of ether oxygens (including phenoxy) is 2. The van der Waals surface area contributed by atoms with Crippen LogP contribution in [0.5, 0.6) is 23.0 Å². The highest BCUT2D eigenvalue weighted by Gasteiger charge is 2.55. The SMILES string of the molecule is [2H]c1c(-c2ccccc2)cc2c(c1[2H])Oc1c3c(cc4c1B2c1c([2H])c(-c2ccccc2)c([2H])c2c5c([2H])c([2H])c([2H])c([2H])c5n-4c12)N(c1c(-c2ccccc2)cccc1-c1ccccc1)c1cc(-c2ccccc2)cc2c1B3c1c(cc3c4c1Oc1c([2H])c([2H])c(-c5ccccc5)c([2H])c1B4c1c([2H])c(-c4ccccc4)c([2H])c4c5c([2H])c([2H])c([2H])c([2H])c5n-3c14)N2c1c(-c2ccccc2)cccc1-c1ccccc1. The summed E-state index contributed by atoms with van der Waals surface area (Å²) in [4.78, 5) is 4.55. The zero-order valence-electron chi connectivity index (χ0n) is 85.7. The van der Waals surface area contributed by atoms with Crippen LogP contribution in [0.2, 0.25) is 0 Å². The molecule has 22 aromatic rings. The van der Waals surface area contributed by atoms with E-state index in [-0.39, 0.29) is 159 Å². The molecule has 0 bridgehead atoms. The molecule has 6 aliphatic heterocycles. The molecular formula is C120H73B3N4O2. The first-order chi connectivity index (χ1) is 71.2. The number of hydrogen-bond donors (Lipinski definition) is 0. The van der Waals surface area contributed by atoms with E-state index in [4.69, 9.17) is 9.47 Å². The zero-order valence-corrected chi connectivity index (χ0v) is 68.7. The Kier molecular flexibility index (Phi) is 12.4. The minimum Gasteiger partial charge on any atom is -0.459 e. The van der Waals surface area contributed by atoms with E-state index in [2.05, 4.69) is 113 Å². The fraction of sp³-hybridized carbons (Fsp3) is 0. The van der Waals surface area contributed by atoms with Crippen molar-refractivity contribution in [2.75, 3.05) is 9.80 Å². The van der Waals surface area contributed by atoms with Gasteiger partial charge in [-0.15, -0.1) is 0 Å². The molecule has 0 atom stereocenters. The van der Waals surface area contributed by atoms with Gasteiger partial charge in [0.25, 0.3) is 20.1 Å². The average molecular weight is 1650 g/mol. The number of anilines is 6. The van der Waals surface area contributed by atoms with Gasteiger partial charge in [0.2, 0.25) is 0 Å². The van der Waals surface area contributed by atoms with E-state index in [1.807, 2.05) is 193 Å². The molecule has 2 aromatic heterocycles. The maximum absolute atomic E-state index is 11.5. The summed E-state index contributed by atoms with van der Waals surface area (Å²) in [5.74, 6) is -0.146. The summed E-state index contributed by atoms with van der Waals surface area (Å²) in [6, 6.07) is 104. The molecule has 20 aromatic carbocycles. The van der Waals surface area contributed by atoms with Crippen molar-refractivity contribution in [3.63, 3.8) is 0 Å². The largest absolute Gasteiger partial charge is 0.459 e. The van der Waals surface area contributed by atoms with Crippen molar-refractivity contribution in [3.8, 4) is 135 Å². The van der Waals surface area contributed by atoms with Crippen LogP contribution in [0.1, 0.15) is 23.3 Å². The summed E-state index contributed by atoms with van der Waals surface area (Å²) in [5.41, 5.74) is 17.1. The van der Waals surface area contributed by atoms with Gasteiger partial charge in [0.15, 0.2) is 0 Å². The van der Waals surface area contributed by atoms with E-state index < -0.39 is 74.5 Å². The molecule has 28 rings (SSSR count). The second kappa shape index (κ2) is 27.9. The predicted octanol–water partition coefficient (Wildman–Crippen LogP) is 24.8. The Labute approximate surface area is 771 Å². The molecule has 9 heteroatoms. The number of fused-ring (bicyclic) bond motifs is 20. The lowest BCUT2D eigenvalue weighted by molar-refractivity contribution is 0.490. The molecule has 594 valence electrons. The van der Waals surface area contributed by atoms with Crippen LogP contribution in [0.15, 0.2) is 442 Å². The van der Waals surface area contributed by atoms with E-state index in [0.29, 0.717) is 101 Å². The first-order valence-corrected chi connectivity index (χ1v) is 43.4. The monoisotopic (exact) mass is 1650 g/mol. The van der Waals surface area contributed by atoms with Crippen LogP contribution >= 0.6 is 0 Å². The van der Waals surface area contributed by atoms with Crippen LogP contribution in [0.25, 0.3) is 155 Å². The van der Waals surface area contributed by atoms with Crippen molar-refractivity contribution in [1.82, 2.24) is 9.13 Å². The van der Waals surface area contributed by atoms with Crippen LogP contribution in [-0.2, 0) is 0 Å². The van der Waals surface area contributed by atoms with Crippen molar-refractivity contribution >= 4 is 147 Å². The predicted molar refractivity (Wildman–Crippen MR) is 540 cm³/mol. The lowest BCUT2D eigenvalue weighted by atomic mass is 9.28. The Morgan fingerprint density at radius 1 is 0.217 bits per heavy atom. The minimum absolute atomic E-state index is 0.00253. The maximum atomic E-state index is 11.5. The van der Waals surface area contributed by atoms with Gasteiger partial charge in [0, 0.05) is 89.0 Å². The van der Waals surface area contributed by atoms with Gasteiger partial charge in [-0.1, -0.05) is 382 Å². The molecule has 6 nitrogen and oxygen atoms in total. The molecule has 0 radical (unpaired) electrons. The molecule has 8 heterocycles. The standard InChI is InChI=1S/C120H73B3N4O2/c1-10-34-74(35-11-1)83-60-62-108-96(66-83)121-98-68-85(76-38-14-3-15-39-76)64-94-92-52-28-30-58-100(92)124(117(94)98)104-72-106-113(119(128-108)111(104)121)123-110-102(126(106)115-88(79-44-20-6-21-45-79)54-32-55-89(115)80-46-22-7-23-47-80)70-87(78-42-18-5-19-43-78)71-103(110)127(116-90(81-48-24-8-25-49-81)56-33-57-91(116)82-50-26-9-27-51-82)107-73-105-112-120(114(107)123)129-109-63-61-84(75-36-12-2-13-37-75)67-97(109)122(112)99-69-86(77-40-16-4-17-41-77)65-95-93-53-29-31-59-101(93)125(105)118(95)99/h1-73H/i28D,29D,30D,31D,52D,53D,58D,59D,60D,61D,62D,63D,64D,65D,66D,68D,69D. The summed E-state index contributed by atoms with van der Waals surface area (Å²) in [5, 5.41) is 0.227. The van der Waals surface area contributed by atoms with E-state index in [0.717, 1.165) is 50.1 Å². The smallest absolute Gasteiger partial charge is 0.261 e. The first kappa shape index (κ1) is 57.0. The fourth-order valence-corrected chi connectivity index (χ4v) is 21.5. The van der Waals surface area contributed by atoms with Crippen molar-refractivity contribution in [2.45, 2.75) is 0 Å². The van der Waals surface area contributed by atoms with E-state index in [1.54, 1.807) is 53.1 Å². The van der Waals surface area contributed by atoms with Crippen molar-refractivity contribution in [3.05, 3.63) is 442 Å². The third-order valence-electron chi connectivity index (χ3n) is 26.9. The topological polar surface area (TPSA) is 34.8 Å². The van der Waals surface area contributed by atoms with Crippen molar-refractivity contribution < 1.29 is 32.8 Å². The number of benzene rings is 20. The number of aromatic nitrogens is 2. The quantitative estimate of drug-likeness (QED) is 0.121. The summed E-state index contributed by atoms with van der Waals surface area (Å²) in [6.45, 7) is -4.07. The van der Waals surface area contributed by atoms with Gasteiger partial charge in [0.1, 0.15) is 23.0 Å². The molecule has 0 saturated heterocycles. The Morgan fingerprint density at radius 2 is 0.535 bits per heavy atom. The molecule has 6 aliphatic rings. The van der Waals surface area contributed by atoms with Crippen molar-refractivity contribution in [2.24, 2.45) is 0 Å². The van der Waals surface area contributed by atoms with Crippen LogP contribution in [0.3, 0.4) is 0 Å². The molecular weight excluding hydrogens is 1560 g/mol. The molecule has 0 unspecified atom stereocenters. The highest BCUT2D eigenvalue weighted by Crippen LogP contribution is 2.57. The van der Waals surface area contributed by atoms with Gasteiger partial charge < -0.3 is 28.4 Å². The Hall–Kier alpha value is -16.6. The van der Waals surface area contributed by atoms with E-state index in [1.165, 1.54) is 0 Å².